The van der Waals surface area contributed by atoms with Crippen molar-refractivity contribution < 1.29 is 13.2 Å². The first kappa shape index (κ1) is 19.5. The molecule has 1 heterocycles. The second-order valence-corrected chi connectivity index (χ2v) is 4.75. The second kappa shape index (κ2) is 8.37. The van der Waals surface area contributed by atoms with Crippen molar-refractivity contribution in [3.05, 3.63) is 62.8 Å². The highest BCUT2D eigenvalue weighted by Gasteiger charge is 2.39. The Hall–Kier alpha value is -2.51. The molecule has 0 fully saturated rings. The number of aromatic nitrogens is 2. The number of aromatic amines is 1. The molecular weight excluding hydrogens is 323 g/mol. The molecule has 5 nitrogen and oxygen atoms in total. The van der Waals surface area contributed by atoms with E-state index in [2.05, 4.69) is 10.3 Å². The highest BCUT2D eigenvalue weighted by atomic mass is 19.4. The van der Waals surface area contributed by atoms with Crippen LogP contribution in [-0.4, -0.2) is 15.7 Å². The smallest absolute Gasteiger partial charge is 0.367 e. The molecule has 0 aliphatic heterocycles. The molecule has 1 aromatic carbocycles. The highest BCUT2D eigenvalue weighted by Crippen LogP contribution is 2.27. The van der Waals surface area contributed by atoms with Gasteiger partial charge in [-0.25, -0.2) is 9.36 Å². The van der Waals surface area contributed by atoms with Gasteiger partial charge in [-0.05, 0) is 12.5 Å². The predicted octanol–water partition coefficient (Wildman–Crippen LogP) is 3.30. The Labute approximate surface area is 137 Å². The number of benzene rings is 1. The summed E-state index contributed by atoms with van der Waals surface area (Å²) in [6.45, 7) is 5.09. The normalized spacial score (nSPS) is 12.1. The summed E-state index contributed by atoms with van der Waals surface area (Å²) < 4.78 is 38.1. The van der Waals surface area contributed by atoms with Crippen LogP contribution in [0.1, 0.15) is 32.4 Å². The van der Waals surface area contributed by atoms with Gasteiger partial charge in [0, 0.05) is 12.6 Å². The Morgan fingerprint density at radius 1 is 1.17 bits per heavy atom. The van der Waals surface area contributed by atoms with Gasteiger partial charge in [0.1, 0.15) is 11.9 Å². The lowest BCUT2D eigenvalue weighted by molar-refractivity contribution is -0.164. The van der Waals surface area contributed by atoms with Gasteiger partial charge in [-0.1, -0.05) is 44.2 Å². The minimum Gasteiger partial charge on any atom is -0.367 e. The fraction of sp³-hybridized carbons (Fsp3) is 0.375. The molecule has 0 saturated carbocycles. The van der Waals surface area contributed by atoms with E-state index >= 15 is 0 Å². The molecule has 8 heteroatoms. The number of halogens is 3. The first-order valence-corrected chi connectivity index (χ1v) is 7.49. The van der Waals surface area contributed by atoms with Gasteiger partial charge in [-0.15, -0.1) is 0 Å². The first-order chi connectivity index (χ1) is 11.3. The summed E-state index contributed by atoms with van der Waals surface area (Å²) in [5.41, 5.74) is -1.21. The van der Waals surface area contributed by atoms with Crippen LogP contribution in [0.2, 0.25) is 0 Å². The van der Waals surface area contributed by atoms with Crippen molar-refractivity contribution in [1.29, 1.82) is 0 Å². The number of H-pyrrole nitrogens is 1. The average Bonchev–Trinajstić information content (AvgIpc) is 2.54. The Kier molecular flexibility index (Phi) is 6.82. The molecule has 0 aliphatic carbocycles. The van der Waals surface area contributed by atoms with Gasteiger partial charge >= 0.3 is 11.9 Å². The lowest BCUT2D eigenvalue weighted by Gasteiger charge is -2.17. The summed E-state index contributed by atoms with van der Waals surface area (Å²) in [7, 11) is 0. The van der Waals surface area contributed by atoms with Crippen LogP contribution in [0.25, 0.3) is 0 Å². The molecule has 0 amide bonds. The van der Waals surface area contributed by atoms with Gasteiger partial charge in [-0.2, -0.15) is 13.2 Å². The summed E-state index contributed by atoms with van der Waals surface area (Å²) in [5, 5.41) is 2.80. The largest absolute Gasteiger partial charge is 0.409 e. The molecule has 2 aromatic rings. The molecule has 24 heavy (non-hydrogen) atoms. The second-order valence-electron chi connectivity index (χ2n) is 4.75. The highest BCUT2D eigenvalue weighted by molar-refractivity contribution is 5.33. The first-order valence-electron chi connectivity index (χ1n) is 7.49. The van der Waals surface area contributed by atoms with E-state index in [-0.39, 0.29) is 10.4 Å². The van der Waals surface area contributed by atoms with E-state index in [4.69, 9.17) is 0 Å². The van der Waals surface area contributed by atoms with Crippen LogP contribution in [0.15, 0.2) is 46.0 Å². The summed E-state index contributed by atoms with van der Waals surface area (Å²) in [5.74, 6) is 0.0736. The number of nitrogens with zero attached hydrogens (tertiary/aromatic N) is 1. The summed E-state index contributed by atoms with van der Waals surface area (Å²) in [6.07, 6.45) is -4.67. The molecule has 1 aromatic heterocycles. The lowest BCUT2D eigenvalue weighted by Crippen LogP contribution is -2.42. The van der Waals surface area contributed by atoms with Crippen molar-refractivity contribution in [2.75, 3.05) is 5.32 Å². The van der Waals surface area contributed by atoms with Gasteiger partial charge in [-0.3, -0.25) is 9.78 Å². The van der Waals surface area contributed by atoms with Gasteiger partial charge in [0.15, 0.2) is 0 Å². The van der Waals surface area contributed by atoms with Gasteiger partial charge in [0.2, 0.25) is 0 Å². The van der Waals surface area contributed by atoms with E-state index in [0.29, 0.717) is 6.54 Å². The standard InChI is InChI=1S/C14H14F3N3O2.C2H6/c1-9(14(15,16)17)20-12(21)7-11(19-13(20)22)18-8-10-5-3-2-4-6-10;1-2/h2-7,9,18H,8H2,1H3,(H,19,22);1-2H3. The van der Waals surface area contributed by atoms with E-state index in [1.165, 1.54) is 0 Å². The number of nitrogens with one attached hydrogen (secondary N) is 2. The molecule has 0 bridgehead atoms. The summed E-state index contributed by atoms with van der Waals surface area (Å²) >= 11 is 0. The predicted molar refractivity (Wildman–Crippen MR) is 87.2 cm³/mol. The topological polar surface area (TPSA) is 66.9 Å². The van der Waals surface area contributed by atoms with E-state index in [1.54, 1.807) is 0 Å². The van der Waals surface area contributed by atoms with Crippen LogP contribution in [0, 0.1) is 0 Å². The van der Waals surface area contributed by atoms with E-state index in [1.807, 2.05) is 44.2 Å². The fourth-order valence-corrected chi connectivity index (χ4v) is 1.91. The fourth-order valence-electron chi connectivity index (χ4n) is 1.91. The number of rotatable bonds is 4. The molecular formula is C16H20F3N3O2. The Balaban J connectivity index is 0.00000139. The minimum atomic E-state index is -4.67. The molecule has 0 saturated heterocycles. The summed E-state index contributed by atoms with van der Waals surface area (Å²) in [6, 6.07) is 7.89. The van der Waals surface area contributed by atoms with Crippen molar-refractivity contribution in [3.8, 4) is 0 Å². The zero-order chi connectivity index (χ0) is 18.3. The third-order valence-corrected chi connectivity index (χ3v) is 3.15. The average molecular weight is 343 g/mol. The van der Waals surface area contributed by atoms with Gasteiger partial charge in [0.25, 0.3) is 5.56 Å². The number of alkyl halides is 3. The molecule has 1 unspecified atom stereocenters. The Bertz CT molecular complexity index is 720. The number of hydrogen-bond acceptors (Lipinski definition) is 3. The van der Waals surface area contributed by atoms with Crippen molar-refractivity contribution in [3.63, 3.8) is 0 Å². The maximum absolute atomic E-state index is 12.6. The number of hydrogen-bond donors (Lipinski definition) is 2. The van der Waals surface area contributed by atoms with Crippen LogP contribution in [0.3, 0.4) is 0 Å². The zero-order valence-corrected chi connectivity index (χ0v) is 13.6. The molecule has 2 N–H and O–H groups in total. The third kappa shape index (κ3) is 5.00. The van der Waals surface area contributed by atoms with Crippen LogP contribution in [0.4, 0.5) is 19.0 Å². The van der Waals surface area contributed by atoms with Crippen molar-refractivity contribution in [2.45, 2.75) is 39.5 Å². The number of anilines is 1. The lowest BCUT2D eigenvalue weighted by atomic mass is 10.2. The SMILES string of the molecule is CC.CC(n1c(=O)cc(NCc2ccccc2)[nH]c1=O)C(F)(F)F. The third-order valence-electron chi connectivity index (χ3n) is 3.15. The van der Waals surface area contributed by atoms with Crippen molar-refractivity contribution >= 4 is 5.82 Å². The minimum absolute atomic E-state index is 0.0736. The Morgan fingerprint density at radius 2 is 1.75 bits per heavy atom. The quantitative estimate of drug-likeness (QED) is 0.895. The van der Waals surface area contributed by atoms with E-state index < -0.39 is 23.5 Å². The van der Waals surface area contributed by atoms with E-state index in [0.717, 1.165) is 18.6 Å². The molecule has 2 rings (SSSR count). The van der Waals surface area contributed by atoms with Crippen molar-refractivity contribution in [1.82, 2.24) is 9.55 Å². The molecule has 1 atom stereocenters. The molecule has 132 valence electrons. The molecule has 0 radical (unpaired) electrons. The van der Waals surface area contributed by atoms with Crippen LogP contribution < -0.4 is 16.6 Å². The zero-order valence-electron chi connectivity index (χ0n) is 13.6. The molecule has 0 aliphatic rings. The maximum atomic E-state index is 12.6. The maximum Gasteiger partial charge on any atom is 0.409 e. The van der Waals surface area contributed by atoms with Crippen LogP contribution in [-0.2, 0) is 6.54 Å². The monoisotopic (exact) mass is 343 g/mol. The van der Waals surface area contributed by atoms with Gasteiger partial charge in [0.05, 0.1) is 0 Å². The summed E-state index contributed by atoms with van der Waals surface area (Å²) in [4.78, 5) is 25.7. The van der Waals surface area contributed by atoms with Crippen molar-refractivity contribution in [2.24, 2.45) is 0 Å². The van der Waals surface area contributed by atoms with Gasteiger partial charge < -0.3 is 5.32 Å². The molecule has 0 spiro atoms. The van der Waals surface area contributed by atoms with Crippen LogP contribution in [0.5, 0.6) is 0 Å². The van der Waals surface area contributed by atoms with Crippen LogP contribution >= 0.6 is 0 Å². The van der Waals surface area contributed by atoms with E-state index in [9.17, 15) is 22.8 Å². The Morgan fingerprint density at radius 3 is 2.25 bits per heavy atom.